The van der Waals surface area contributed by atoms with Gasteiger partial charge >= 0.3 is 0 Å². The molecule has 0 bridgehead atoms. The van der Waals surface area contributed by atoms with E-state index in [4.69, 9.17) is 0 Å². The number of benzene rings is 1. The number of piperazine rings is 1. The molecule has 1 heterocycles. The number of nitrogens with zero attached hydrogens (tertiary/aromatic N) is 2. The molecule has 0 unspecified atom stereocenters. The van der Waals surface area contributed by atoms with Gasteiger partial charge in [0, 0.05) is 38.7 Å². The Labute approximate surface area is 115 Å². The first-order chi connectivity index (χ1) is 9.15. The monoisotopic (exact) mass is 255 g/mol. The van der Waals surface area contributed by atoms with Gasteiger partial charge in [-0.2, -0.15) is 0 Å². The summed E-state index contributed by atoms with van der Waals surface area (Å²) in [7, 11) is 0. The highest BCUT2D eigenvalue weighted by molar-refractivity contribution is 5.73. The lowest BCUT2D eigenvalue weighted by molar-refractivity contribution is -0.130. The van der Waals surface area contributed by atoms with Gasteiger partial charge in [-0.05, 0) is 24.6 Å². The van der Waals surface area contributed by atoms with E-state index in [0.717, 1.165) is 43.9 Å². The highest BCUT2D eigenvalue weighted by Gasteiger charge is 2.17. The normalized spacial score (nSPS) is 15.8. The topological polar surface area (TPSA) is 23.6 Å². The molecule has 1 amide bonds. The van der Waals surface area contributed by atoms with Crippen LogP contribution in [0.3, 0.4) is 0 Å². The van der Waals surface area contributed by atoms with Crippen molar-refractivity contribution in [3.63, 3.8) is 0 Å². The third kappa shape index (κ3) is 4.11. The summed E-state index contributed by atoms with van der Waals surface area (Å²) in [5.41, 5.74) is 2.03. The zero-order valence-corrected chi connectivity index (χ0v) is 11.4. The van der Waals surface area contributed by atoms with E-state index in [0.29, 0.717) is 0 Å². The predicted octanol–water partition coefficient (Wildman–Crippen LogP) is 1.38. The van der Waals surface area contributed by atoms with Gasteiger partial charge in [0.25, 0.3) is 0 Å². The molecule has 1 aliphatic rings. The van der Waals surface area contributed by atoms with Gasteiger partial charge in [0.05, 0.1) is 6.54 Å². The molecule has 1 aromatic carbocycles. The zero-order valence-electron chi connectivity index (χ0n) is 11.4. The second-order valence-electron chi connectivity index (χ2n) is 4.78. The molecule has 2 rings (SSSR count). The Morgan fingerprint density at radius 2 is 1.84 bits per heavy atom. The SMILES string of the molecule is [CH2]c1ccc(C#CCN2CCN(C(C)=O)CC2)cc1. The number of amides is 1. The first kappa shape index (κ1) is 13.6. The summed E-state index contributed by atoms with van der Waals surface area (Å²) in [6, 6.07) is 7.91. The van der Waals surface area contributed by atoms with E-state index in [1.165, 1.54) is 0 Å². The summed E-state index contributed by atoms with van der Waals surface area (Å²) in [5, 5.41) is 0. The van der Waals surface area contributed by atoms with Crippen LogP contribution in [0.15, 0.2) is 24.3 Å². The van der Waals surface area contributed by atoms with Crippen molar-refractivity contribution >= 4 is 5.91 Å². The van der Waals surface area contributed by atoms with E-state index >= 15 is 0 Å². The Hall–Kier alpha value is -1.79. The molecule has 1 aromatic rings. The van der Waals surface area contributed by atoms with Crippen molar-refractivity contribution in [3.8, 4) is 11.8 Å². The number of carbonyl (C=O) groups excluding carboxylic acids is 1. The molecule has 0 aliphatic carbocycles. The second-order valence-corrected chi connectivity index (χ2v) is 4.78. The number of carbonyl (C=O) groups is 1. The van der Waals surface area contributed by atoms with Crippen LogP contribution in [0.1, 0.15) is 18.1 Å². The highest BCUT2D eigenvalue weighted by atomic mass is 16.2. The van der Waals surface area contributed by atoms with Crippen LogP contribution in [0.2, 0.25) is 0 Å². The van der Waals surface area contributed by atoms with Gasteiger partial charge in [0.2, 0.25) is 5.91 Å². The van der Waals surface area contributed by atoms with E-state index in [-0.39, 0.29) is 5.91 Å². The van der Waals surface area contributed by atoms with E-state index in [1.54, 1.807) is 6.92 Å². The van der Waals surface area contributed by atoms with Gasteiger partial charge in [-0.25, -0.2) is 0 Å². The molecule has 99 valence electrons. The Kier molecular flexibility index (Phi) is 4.59. The van der Waals surface area contributed by atoms with Crippen LogP contribution in [0.5, 0.6) is 0 Å². The lowest BCUT2D eigenvalue weighted by atomic mass is 10.1. The van der Waals surface area contributed by atoms with Gasteiger partial charge in [-0.1, -0.05) is 24.0 Å². The Morgan fingerprint density at radius 1 is 1.21 bits per heavy atom. The molecule has 0 saturated carbocycles. The Balaban J connectivity index is 1.81. The molecule has 3 nitrogen and oxygen atoms in total. The summed E-state index contributed by atoms with van der Waals surface area (Å²) in [6.45, 7) is 9.68. The van der Waals surface area contributed by atoms with Crippen LogP contribution in [0.4, 0.5) is 0 Å². The summed E-state index contributed by atoms with van der Waals surface area (Å²) < 4.78 is 0. The second kappa shape index (κ2) is 6.40. The van der Waals surface area contributed by atoms with Gasteiger partial charge in [-0.3, -0.25) is 9.69 Å². The first-order valence-corrected chi connectivity index (χ1v) is 6.54. The van der Waals surface area contributed by atoms with Gasteiger partial charge in [0.1, 0.15) is 0 Å². The molecule has 1 aliphatic heterocycles. The minimum atomic E-state index is 0.166. The molecular weight excluding hydrogens is 236 g/mol. The smallest absolute Gasteiger partial charge is 0.219 e. The lowest BCUT2D eigenvalue weighted by Crippen LogP contribution is -2.47. The van der Waals surface area contributed by atoms with Crippen molar-refractivity contribution < 1.29 is 4.79 Å². The Bertz CT molecular complexity index is 488. The van der Waals surface area contributed by atoms with Crippen molar-refractivity contribution in [2.24, 2.45) is 0 Å². The minimum absolute atomic E-state index is 0.166. The Morgan fingerprint density at radius 3 is 2.42 bits per heavy atom. The van der Waals surface area contributed by atoms with Crippen molar-refractivity contribution in [2.75, 3.05) is 32.7 Å². The van der Waals surface area contributed by atoms with Crippen molar-refractivity contribution in [1.29, 1.82) is 0 Å². The molecule has 0 N–H and O–H groups in total. The van der Waals surface area contributed by atoms with Gasteiger partial charge in [0.15, 0.2) is 0 Å². The molecule has 3 heteroatoms. The molecule has 1 fully saturated rings. The third-order valence-electron chi connectivity index (χ3n) is 3.31. The predicted molar refractivity (Wildman–Crippen MR) is 76.5 cm³/mol. The van der Waals surface area contributed by atoms with E-state index < -0.39 is 0 Å². The molecule has 0 spiro atoms. The maximum Gasteiger partial charge on any atom is 0.219 e. The summed E-state index contributed by atoms with van der Waals surface area (Å²) in [5.74, 6) is 6.51. The molecule has 1 saturated heterocycles. The lowest BCUT2D eigenvalue weighted by Gasteiger charge is -2.32. The third-order valence-corrected chi connectivity index (χ3v) is 3.31. The van der Waals surface area contributed by atoms with Crippen LogP contribution in [0, 0.1) is 18.8 Å². The van der Waals surface area contributed by atoms with Crippen LogP contribution >= 0.6 is 0 Å². The summed E-state index contributed by atoms with van der Waals surface area (Å²) >= 11 is 0. The fraction of sp³-hybridized carbons (Fsp3) is 0.375. The van der Waals surface area contributed by atoms with Crippen molar-refractivity contribution in [2.45, 2.75) is 6.92 Å². The van der Waals surface area contributed by atoms with E-state index in [2.05, 4.69) is 23.7 Å². The van der Waals surface area contributed by atoms with Crippen LogP contribution in [-0.2, 0) is 4.79 Å². The quantitative estimate of drug-likeness (QED) is 0.708. The van der Waals surface area contributed by atoms with Gasteiger partial charge in [-0.15, -0.1) is 0 Å². The number of hydrogen-bond acceptors (Lipinski definition) is 2. The molecular formula is C16H19N2O. The first-order valence-electron chi connectivity index (χ1n) is 6.54. The largest absolute Gasteiger partial charge is 0.340 e. The van der Waals surface area contributed by atoms with E-state index in [1.807, 2.05) is 29.2 Å². The minimum Gasteiger partial charge on any atom is -0.340 e. The van der Waals surface area contributed by atoms with Crippen molar-refractivity contribution in [1.82, 2.24) is 9.80 Å². The molecule has 0 aromatic heterocycles. The fourth-order valence-corrected chi connectivity index (χ4v) is 2.06. The number of hydrogen-bond donors (Lipinski definition) is 0. The van der Waals surface area contributed by atoms with Crippen LogP contribution in [0.25, 0.3) is 0 Å². The number of rotatable bonds is 1. The average molecular weight is 255 g/mol. The summed E-state index contributed by atoms with van der Waals surface area (Å²) in [4.78, 5) is 15.4. The van der Waals surface area contributed by atoms with Crippen molar-refractivity contribution in [3.05, 3.63) is 42.3 Å². The fourth-order valence-electron chi connectivity index (χ4n) is 2.06. The maximum atomic E-state index is 11.2. The van der Waals surface area contributed by atoms with Crippen LogP contribution < -0.4 is 0 Å². The summed E-state index contributed by atoms with van der Waals surface area (Å²) in [6.07, 6.45) is 0. The highest BCUT2D eigenvalue weighted by Crippen LogP contribution is 2.02. The zero-order chi connectivity index (χ0) is 13.7. The standard InChI is InChI=1S/C16H19N2O/c1-14-5-7-16(8-6-14)4-3-9-17-10-12-18(13-11-17)15(2)19/h5-8H,1,9-13H2,2H3. The molecule has 19 heavy (non-hydrogen) atoms. The molecule has 1 radical (unpaired) electrons. The van der Waals surface area contributed by atoms with Crippen LogP contribution in [-0.4, -0.2) is 48.4 Å². The molecule has 0 atom stereocenters. The van der Waals surface area contributed by atoms with Gasteiger partial charge < -0.3 is 4.90 Å². The van der Waals surface area contributed by atoms with E-state index in [9.17, 15) is 4.79 Å². The maximum absolute atomic E-state index is 11.2. The average Bonchev–Trinajstić information content (AvgIpc) is 2.41.